The van der Waals surface area contributed by atoms with Crippen LogP contribution in [-0.2, 0) is 4.79 Å². The number of hydrogen-bond acceptors (Lipinski definition) is 2. The fourth-order valence-corrected chi connectivity index (χ4v) is 2.28. The lowest BCUT2D eigenvalue weighted by atomic mass is 10.0. The number of rotatable bonds is 4. The molecule has 2 rings (SSSR count). The monoisotopic (exact) mass is 318 g/mol. The third kappa shape index (κ3) is 4.74. The Morgan fingerprint density at radius 3 is 2.27 bits per heavy atom. The minimum absolute atomic E-state index is 0.141. The number of carboxylic acids is 1. The van der Waals surface area contributed by atoms with Crippen molar-refractivity contribution >= 4 is 29.4 Å². The lowest BCUT2D eigenvalue weighted by Crippen LogP contribution is -1.99. The molecule has 0 saturated carbocycles. The van der Waals surface area contributed by atoms with Gasteiger partial charge in [-0.25, -0.2) is 9.18 Å². The molecular formula is C18H19FO2S. The van der Waals surface area contributed by atoms with Crippen LogP contribution in [0.3, 0.4) is 0 Å². The fourth-order valence-electron chi connectivity index (χ4n) is 1.83. The number of hydrogen-bond donors (Lipinski definition) is 1. The summed E-state index contributed by atoms with van der Waals surface area (Å²) in [5.74, 6) is -1.38. The van der Waals surface area contributed by atoms with E-state index in [2.05, 4.69) is 0 Å². The largest absolute Gasteiger partial charge is 0.478 e. The molecule has 2 aromatic rings. The van der Waals surface area contributed by atoms with E-state index in [0.29, 0.717) is 16.0 Å². The maximum absolute atomic E-state index is 13.7. The molecular weight excluding hydrogens is 299 g/mol. The second kappa shape index (κ2) is 9.05. The third-order valence-electron chi connectivity index (χ3n) is 2.80. The summed E-state index contributed by atoms with van der Waals surface area (Å²) in [7, 11) is 0. The summed E-state index contributed by atoms with van der Waals surface area (Å²) >= 11 is 1.31. The molecule has 0 aliphatic rings. The van der Waals surface area contributed by atoms with Crippen LogP contribution in [0.4, 0.5) is 4.39 Å². The Morgan fingerprint density at radius 1 is 1.14 bits per heavy atom. The first-order valence-corrected chi connectivity index (χ1v) is 8.18. The highest BCUT2D eigenvalue weighted by molar-refractivity contribution is 7.98. The van der Waals surface area contributed by atoms with Crippen molar-refractivity contribution in [3.63, 3.8) is 0 Å². The minimum Gasteiger partial charge on any atom is -0.478 e. The van der Waals surface area contributed by atoms with Crippen molar-refractivity contribution < 1.29 is 14.3 Å². The normalized spacial score (nSPS) is 10.6. The molecule has 0 aliphatic heterocycles. The van der Waals surface area contributed by atoms with Crippen LogP contribution in [0, 0.1) is 5.82 Å². The molecule has 4 heteroatoms. The summed E-state index contributed by atoms with van der Waals surface area (Å²) in [6.07, 6.45) is 3.27. The van der Waals surface area contributed by atoms with Gasteiger partial charge in [0, 0.05) is 4.90 Å². The zero-order chi connectivity index (χ0) is 16.5. The average Bonchev–Trinajstić information content (AvgIpc) is 2.55. The van der Waals surface area contributed by atoms with E-state index in [4.69, 9.17) is 0 Å². The van der Waals surface area contributed by atoms with Gasteiger partial charge < -0.3 is 5.11 Å². The maximum Gasteiger partial charge on any atom is 0.336 e. The van der Waals surface area contributed by atoms with E-state index in [1.165, 1.54) is 23.9 Å². The van der Waals surface area contributed by atoms with Crippen molar-refractivity contribution in [2.75, 3.05) is 6.26 Å². The maximum atomic E-state index is 13.7. The summed E-state index contributed by atoms with van der Waals surface area (Å²) in [5, 5.41) is 9.29. The van der Waals surface area contributed by atoms with E-state index in [-0.39, 0.29) is 11.4 Å². The molecule has 0 spiro atoms. The van der Waals surface area contributed by atoms with E-state index in [9.17, 15) is 14.3 Å². The van der Waals surface area contributed by atoms with Crippen molar-refractivity contribution in [2.24, 2.45) is 0 Å². The predicted molar refractivity (Wildman–Crippen MR) is 91.5 cm³/mol. The van der Waals surface area contributed by atoms with Crippen molar-refractivity contribution in [1.82, 2.24) is 0 Å². The summed E-state index contributed by atoms with van der Waals surface area (Å²) < 4.78 is 13.7. The van der Waals surface area contributed by atoms with Gasteiger partial charge in [0.25, 0.3) is 0 Å². The van der Waals surface area contributed by atoms with Gasteiger partial charge in [-0.2, -0.15) is 0 Å². The van der Waals surface area contributed by atoms with Crippen LogP contribution in [0.1, 0.15) is 25.0 Å². The van der Waals surface area contributed by atoms with Gasteiger partial charge in [-0.3, -0.25) is 0 Å². The van der Waals surface area contributed by atoms with Crippen LogP contribution in [0.5, 0.6) is 0 Å². The molecule has 0 heterocycles. The quantitative estimate of drug-likeness (QED) is 0.478. The number of carbonyl (C=O) groups is 1. The van der Waals surface area contributed by atoms with E-state index >= 15 is 0 Å². The molecule has 2 nitrogen and oxygen atoms in total. The number of benzene rings is 2. The van der Waals surface area contributed by atoms with Crippen LogP contribution >= 0.6 is 11.8 Å². The molecule has 0 unspecified atom stereocenters. The summed E-state index contributed by atoms with van der Waals surface area (Å²) in [6, 6.07) is 13.5. The topological polar surface area (TPSA) is 37.3 Å². The molecule has 0 fully saturated rings. The average molecular weight is 318 g/mol. The third-order valence-corrected chi connectivity index (χ3v) is 3.57. The highest BCUT2D eigenvalue weighted by atomic mass is 32.2. The number of carboxylic acid groups (broad SMARTS) is 1. The number of thioether (sulfide) groups is 1. The lowest BCUT2D eigenvalue weighted by molar-refractivity contribution is -0.130. The fraction of sp³-hybridized carbons (Fsp3) is 0.167. The van der Waals surface area contributed by atoms with E-state index in [1.807, 2.05) is 19.9 Å². The molecule has 0 radical (unpaired) electrons. The van der Waals surface area contributed by atoms with Gasteiger partial charge >= 0.3 is 5.97 Å². The summed E-state index contributed by atoms with van der Waals surface area (Å²) in [6.45, 7) is 4.00. The number of halogens is 1. The Kier molecular flexibility index (Phi) is 7.40. The molecule has 0 aliphatic carbocycles. The molecule has 116 valence electrons. The molecule has 22 heavy (non-hydrogen) atoms. The Bertz CT molecular complexity index is 651. The van der Waals surface area contributed by atoms with Crippen LogP contribution in [-0.4, -0.2) is 17.3 Å². The second-order valence-electron chi connectivity index (χ2n) is 4.12. The molecule has 0 atom stereocenters. The predicted octanol–water partition coefficient (Wildman–Crippen LogP) is 5.20. The van der Waals surface area contributed by atoms with Crippen LogP contribution in [0.25, 0.3) is 11.6 Å². The molecule has 1 N–H and O–H groups in total. The second-order valence-corrected chi connectivity index (χ2v) is 4.97. The first-order chi connectivity index (χ1) is 10.6. The molecule has 0 saturated heterocycles. The summed E-state index contributed by atoms with van der Waals surface area (Å²) in [5.41, 5.74) is 1.26. The molecule has 0 aromatic heterocycles. The Balaban J connectivity index is 0.00000116. The van der Waals surface area contributed by atoms with Crippen molar-refractivity contribution in [2.45, 2.75) is 18.7 Å². The van der Waals surface area contributed by atoms with Gasteiger partial charge in [0.05, 0.1) is 5.57 Å². The van der Waals surface area contributed by atoms with Crippen molar-refractivity contribution in [3.8, 4) is 0 Å². The highest BCUT2D eigenvalue weighted by Crippen LogP contribution is 2.23. The van der Waals surface area contributed by atoms with Crippen molar-refractivity contribution in [3.05, 3.63) is 65.5 Å². The Morgan fingerprint density at radius 2 is 1.77 bits per heavy atom. The van der Waals surface area contributed by atoms with Gasteiger partial charge in [-0.05, 0) is 35.6 Å². The van der Waals surface area contributed by atoms with Gasteiger partial charge in [0.1, 0.15) is 5.82 Å². The minimum atomic E-state index is -1.04. The van der Waals surface area contributed by atoms with E-state index < -0.39 is 5.97 Å². The number of aliphatic carboxylic acids is 1. The Labute approximate surface area is 134 Å². The first-order valence-electron chi connectivity index (χ1n) is 6.96. The molecule has 2 aromatic carbocycles. The van der Waals surface area contributed by atoms with Crippen LogP contribution in [0.2, 0.25) is 0 Å². The SMILES string of the molecule is CC.CSc1ccc(/C=C(/C(=O)O)c2ccccc2)cc1F. The zero-order valence-corrected chi connectivity index (χ0v) is 13.7. The Hall–Kier alpha value is -2.07. The zero-order valence-electron chi connectivity index (χ0n) is 12.8. The van der Waals surface area contributed by atoms with Crippen molar-refractivity contribution in [1.29, 1.82) is 0 Å². The molecule has 0 amide bonds. The highest BCUT2D eigenvalue weighted by Gasteiger charge is 2.10. The lowest BCUT2D eigenvalue weighted by Gasteiger charge is -2.04. The van der Waals surface area contributed by atoms with E-state index in [0.717, 1.165) is 0 Å². The van der Waals surface area contributed by atoms with E-state index in [1.54, 1.807) is 42.7 Å². The van der Waals surface area contributed by atoms with Gasteiger partial charge in [-0.1, -0.05) is 50.2 Å². The standard InChI is InChI=1S/C16H13FO2S.C2H6/c1-20-15-8-7-11(10-14(15)17)9-13(16(18)19)12-5-3-2-4-6-12;1-2/h2-10H,1H3,(H,18,19);1-2H3/b13-9+;. The molecule has 0 bridgehead atoms. The first kappa shape index (κ1) is 18.0. The summed E-state index contributed by atoms with van der Waals surface area (Å²) in [4.78, 5) is 11.9. The van der Waals surface area contributed by atoms with Gasteiger partial charge in [-0.15, -0.1) is 11.8 Å². The van der Waals surface area contributed by atoms with Gasteiger partial charge in [0.15, 0.2) is 0 Å². The van der Waals surface area contributed by atoms with Crippen LogP contribution < -0.4 is 0 Å². The van der Waals surface area contributed by atoms with Gasteiger partial charge in [0.2, 0.25) is 0 Å². The van der Waals surface area contributed by atoms with Crippen LogP contribution in [0.15, 0.2) is 53.4 Å². The smallest absolute Gasteiger partial charge is 0.336 e.